The summed E-state index contributed by atoms with van der Waals surface area (Å²) in [5.41, 5.74) is 2.85. The van der Waals surface area contributed by atoms with E-state index in [9.17, 15) is 9.59 Å². The van der Waals surface area contributed by atoms with E-state index in [1.54, 1.807) is 6.07 Å². The fourth-order valence-electron chi connectivity index (χ4n) is 7.09. The summed E-state index contributed by atoms with van der Waals surface area (Å²) in [5.74, 6) is 1.57. The number of benzene rings is 1. The predicted octanol–water partition coefficient (Wildman–Crippen LogP) is 6.50. The quantitative estimate of drug-likeness (QED) is 0.192. The molecule has 1 fully saturated rings. The summed E-state index contributed by atoms with van der Waals surface area (Å²) in [7, 11) is 4.13. The molecule has 3 heterocycles. The average molecular weight is 682 g/mol. The van der Waals surface area contributed by atoms with Crippen LogP contribution in [0.4, 0.5) is 10.6 Å². The molecule has 0 radical (unpaired) electrons. The standard InChI is InChI=1S/C38H51N9O3/c1-36(2,3)29-21-30(42-32(41-29)33(48)39-23-38(46(7)8)19-11-12-20-38)43-35(49)40-27-16-17-28(26-14-10-9-13-25(26)27)50-24-15-18-31-44-45-34(37(4,5)6)47(31)22-24/h9-10,13-15,18,21-22,27-28H,11-12,16-17,19-20,23H2,1-8H3,(H,39,48)(H2,40,41,42,43,49)/t27-,28+/m0/s1. The van der Waals surface area contributed by atoms with Crippen molar-refractivity contribution in [2.75, 3.05) is 26.0 Å². The number of carbonyl (C=O) groups is 2. The summed E-state index contributed by atoms with van der Waals surface area (Å²) < 4.78 is 8.55. The Bertz CT molecular complexity index is 1870. The van der Waals surface area contributed by atoms with E-state index in [-0.39, 0.29) is 46.1 Å². The molecule has 2 atom stereocenters. The molecule has 6 rings (SSSR count). The molecular formula is C38H51N9O3. The predicted molar refractivity (Wildman–Crippen MR) is 194 cm³/mol. The SMILES string of the molecule is CN(C)C1(CNC(=O)c2nc(NC(=O)N[C@H]3CC[C@@H](Oc4ccc5nnc(C(C)(C)C)n5c4)c4ccccc43)cc(C(C)(C)C)n2)CCCC1. The summed E-state index contributed by atoms with van der Waals surface area (Å²) in [4.78, 5) is 38.2. The van der Waals surface area contributed by atoms with Crippen LogP contribution in [0.15, 0.2) is 48.7 Å². The summed E-state index contributed by atoms with van der Waals surface area (Å²) >= 11 is 0. The zero-order chi connectivity index (χ0) is 35.8. The third-order valence-corrected chi connectivity index (χ3v) is 10.1. The molecule has 0 spiro atoms. The van der Waals surface area contributed by atoms with Gasteiger partial charge < -0.3 is 20.3 Å². The minimum atomic E-state index is -0.403. The van der Waals surface area contributed by atoms with Crippen molar-refractivity contribution < 1.29 is 14.3 Å². The summed E-state index contributed by atoms with van der Waals surface area (Å²) in [5, 5.41) is 17.8. The fraction of sp³-hybridized carbons (Fsp3) is 0.526. The van der Waals surface area contributed by atoms with E-state index in [1.165, 1.54) is 0 Å². The van der Waals surface area contributed by atoms with E-state index in [0.29, 0.717) is 25.1 Å². The van der Waals surface area contributed by atoms with Crippen LogP contribution in [0, 0.1) is 0 Å². The van der Waals surface area contributed by atoms with Crippen molar-refractivity contribution in [2.45, 2.75) is 109 Å². The van der Waals surface area contributed by atoms with Crippen LogP contribution in [0.2, 0.25) is 0 Å². The first-order chi connectivity index (χ1) is 23.6. The molecule has 12 heteroatoms. The topological polar surface area (TPSA) is 139 Å². The number of amides is 3. The molecule has 2 aliphatic rings. The van der Waals surface area contributed by atoms with Gasteiger partial charge in [-0.1, -0.05) is 78.6 Å². The van der Waals surface area contributed by atoms with Gasteiger partial charge in [0.05, 0.1) is 17.9 Å². The second-order valence-corrected chi connectivity index (χ2v) is 16.1. The highest BCUT2D eigenvalue weighted by Gasteiger charge is 2.37. The van der Waals surface area contributed by atoms with Gasteiger partial charge in [-0.15, -0.1) is 10.2 Å². The highest BCUT2D eigenvalue weighted by atomic mass is 16.5. The van der Waals surface area contributed by atoms with Crippen LogP contribution < -0.4 is 20.7 Å². The minimum absolute atomic E-state index is 0.0434. The Labute approximate surface area is 294 Å². The monoisotopic (exact) mass is 681 g/mol. The third-order valence-electron chi connectivity index (χ3n) is 10.1. The van der Waals surface area contributed by atoms with Crippen LogP contribution in [-0.4, -0.2) is 67.6 Å². The van der Waals surface area contributed by atoms with Gasteiger partial charge in [0.1, 0.15) is 23.5 Å². The van der Waals surface area contributed by atoms with Gasteiger partial charge in [-0.3, -0.25) is 14.5 Å². The van der Waals surface area contributed by atoms with Crippen molar-refractivity contribution in [1.82, 2.24) is 40.1 Å². The number of likely N-dealkylation sites (N-methyl/N-ethyl adjacent to an activating group) is 1. The number of hydrogen-bond acceptors (Lipinski definition) is 8. The van der Waals surface area contributed by atoms with Crippen molar-refractivity contribution in [3.63, 3.8) is 0 Å². The highest BCUT2D eigenvalue weighted by Crippen LogP contribution is 2.39. The number of fused-ring (bicyclic) bond motifs is 2. The molecule has 3 amide bonds. The highest BCUT2D eigenvalue weighted by molar-refractivity contribution is 5.92. The zero-order valence-electron chi connectivity index (χ0n) is 30.6. The molecule has 0 bridgehead atoms. The third kappa shape index (κ3) is 7.45. The van der Waals surface area contributed by atoms with Gasteiger partial charge in [0.2, 0.25) is 5.82 Å². The lowest BCUT2D eigenvalue weighted by Crippen LogP contribution is -2.51. The Balaban J connectivity index is 1.16. The summed E-state index contributed by atoms with van der Waals surface area (Å²) in [6.45, 7) is 12.9. The molecule has 1 saturated carbocycles. The first kappa shape index (κ1) is 35.3. The normalized spacial score (nSPS) is 18.9. The Morgan fingerprint density at radius 1 is 0.940 bits per heavy atom. The van der Waals surface area contributed by atoms with Crippen molar-refractivity contribution in [1.29, 1.82) is 0 Å². The van der Waals surface area contributed by atoms with Gasteiger partial charge in [-0.05, 0) is 63.0 Å². The maximum atomic E-state index is 13.5. The number of anilines is 1. The van der Waals surface area contributed by atoms with Crippen molar-refractivity contribution in [3.05, 3.63) is 77.1 Å². The van der Waals surface area contributed by atoms with Crippen molar-refractivity contribution in [3.8, 4) is 5.75 Å². The number of hydrogen-bond donors (Lipinski definition) is 3. The lowest BCUT2D eigenvalue weighted by Gasteiger charge is -2.36. The van der Waals surface area contributed by atoms with Gasteiger partial charge in [0.15, 0.2) is 5.65 Å². The Kier molecular flexibility index (Phi) is 9.60. The fourth-order valence-corrected chi connectivity index (χ4v) is 7.09. The molecule has 0 aliphatic heterocycles. The van der Waals surface area contributed by atoms with Gasteiger partial charge >= 0.3 is 6.03 Å². The molecular weight excluding hydrogens is 630 g/mol. The zero-order valence-corrected chi connectivity index (χ0v) is 30.6. The van der Waals surface area contributed by atoms with Gasteiger partial charge in [0.25, 0.3) is 5.91 Å². The van der Waals surface area contributed by atoms with Crippen LogP contribution in [0.5, 0.6) is 5.75 Å². The van der Waals surface area contributed by atoms with Crippen molar-refractivity contribution >= 4 is 23.4 Å². The molecule has 0 unspecified atom stereocenters. The number of ether oxygens (including phenoxy) is 1. The van der Waals surface area contributed by atoms with E-state index in [4.69, 9.17) is 4.74 Å². The molecule has 12 nitrogen and oxygen atoms in total. The molecule has 266 valence electrons. The Morgan fingerprint density at radius 3 is 2.34 bits per heavy atom. The first-order valence-electron chi connectivity index (χ1n) is 17.7. The van der Waals surface area contributed by atoms with Gasteiger partial charge in [0, 0.05) is 29.0 Å². The van der Waals surface area contributed by atoms with Crippen LogP contribution >= 0.6 is 0 Å². The van der Waals surface area contributed by atoms with E-state index >= 15 is 0 Å². The molecule has 0 saturated heterocycles. The number of carbonyl (C=O) groups excluding carboxylic acids is 2. The van der Waals surface area contributed by atoms with Crippen LogP contribution in [0.3, 0.4) is 0 Å². The number of nitrogens with one attached hydrogen (secondary N) is 3. The van der Waals surface area contributed by atoms with Crippen LogP contribution in [0.1, 0.15) is 125 Å². The van der Waals surface area contributed by atoms with Crippen molar-refractivity contribution in [2.24, 2.45) is 0 Å². The molecule has 50 heavy (non-hydrogen) atoms. The van der Waals surface area contributed by atoms with Gasteiger partial charge in [-0.2, -0.15) is 0 Å². The molecule has 2 aliphatic carbocycles. The first-order valence-corrected chi connectivity index (χ1v) is 17.7. The second-order valence-electron chi connectivity index (χ2n) is 16.1. The van der Waals surface area contributed by atoms with Crippen LogP contribution in [0.25, 0.3) is 5.65 Å². The number of urea groups is 1. The largest absolute Gasteiger partial charge is 0.484 e. The molecule has 3 aromatic heterocycles. The lowest BCUT2D eigenvalue weighted by atomic mass is 9.85. The Morgan fingerprint density at radius 2 is 1.66 bits per heavy atom. The van der Waals surface area contributed by atoms with E-state index < -0.39 is 6.03 Å². The minimum Gasteiger partial charge on any atom is -0.484 e. The smallest absolute Gasteiger partial charge is 0.320 e. The summed E-state index contributed by atoms with van der Waals surface area (Å²) in [6, 6.07) is 13.0. The van der Waals surface area contributed by atoms with Crippen LogP contribution in [-0.2, 0) is 10.8 Å². The Hall–Kier alpha value is -4.58. The molecule has 1 aromatic carbocycles. The maximum absolute atomic E-state index is 13.5. The maximum Gasteiger partial charge on any atom is 0.320 e. The van der Waals surface area contributed by atoms with E-state index in [0.717, 1.165) is 54.0 Å². The number of rotatable bonds is 8. The van der Waals surface area contributed by atoms with Gasteiger partial charge in [-0.25, -0.2) is 14.8 Å². The lowest BCUT2D eigenvalue weighted by molar-refractivity contribution is 0.0889. The molecule has 3 N–H and O–H groups in total. The molecule has 4 aromatic rings. The number of nitrogens with zero attached hydrogens (tertiary/aromatic N) is 6. The number of aromatic nitrogens is 5. The van der Waals surface area contributed by atoms with E-state index in [1.807, 2.05) is 61.7 Å². The summed E-state index contributed by atoms with van der Waals surface area (Å²) in [6.07, 6.45) is 7.50. The average Bonchev–Trinajstić information content (AvgIpc) is 3.72. The van der Waals surface area contributed by atoms with E-state index in [2.05, 4.69) is 81.9 Å². The number of pyridine rings is 1. The second kappa shape index (κ2) is 13.6.